The molecule has 30 heavy (non-hydrogen) atoms. The number of hydrogen-bond acceptors (Lipinski definition) is 1. The SMILES string of the molecule is C/C=C/CCC1CCC2C(C3CCC(c4ccc(C5CO5)c(F)c4F)CC3)CCC12. The number of rotatable bonds is 6. The zero-order valence-corrected chi connectivity index (χ0v) is 18.3. The highest BCUT2D eigenvalue weighted by Gasteiger charge is 2.47. The van der Waals surface area contributed by atoms with Crippen LogP contribution in [-0.2, 0) is 4.74 Å². The standard InChI is InChI=1S/C27H36F2O/c1-2-3-4-5-17-10-11-23-20(17)12-13-21(23)18-6-8-19(9-7-18)22-14-15-24(25-16-30-25)27(29)26(22)28/h2-3,14-15,17-21,23,25H,4-13,16H2,1H3/b3-2+. The number of halogens is 2. The lowest BCUT2D eigenvalue weighted by atomic mass is 9.70. The van der Waals surface area contributed by atoms with E-state index in [1.54, 1.807) is 6.07 Å². The van der Waals surface area contributed by atoms with Crippen molar-refractivity contribution in [3.63, 3.8) is 0 Å². The monoisotopic (exact) mass is 414 g/mol. The lowest BCUT2D eigenvalue weighted by molar-refractivity contribution is 0.178. The van der Waals surface area contributed by atoms with E-state index >= 15 is 0 Å². The molecule has 164 valence electrons. The predicted octanol–water partition coefficient (Wildman–Crippen LogP) is 7.72. The Hall–Kier alpha value is -1.22. The van der Waals surface area contributed by atoms with Crippen LogP contribution in [-0.4, -0.2) is 6.61 Å². The van der Waals surface area contributed by atoms with Crippen molar-refractivity contribution in [1.29, 1.82) is 0 Å². The Labute approximate surface area is 180 Å². The van der Waals surface area contributed by atoms with E-state index in [1.165, 1.54) is 51.4 Å². The van der Waals surface area contributed by atoms with Gasteiger partial charge in [0.1, 0.15) is 6.10 Å². The minimum absolute atomic E-state index is 0.180. The molecule has 3 saturated carbocycles. The fourth-order valence-electron chi connectivity index (χ4n) is 7.41. The Bertz CT molecular complexity index is 775. The van der Waals surface area contributed by atoms with Crippen molar-refractivity contribution >= 4 is 0 Å². The normalized spacial score (nSPS) is 38.3. The van der Waals surface area contributed by atoms with Crippen LogP contribution in [0.1, 0.15) is 94.3 Å². The first-order valence-corrected chi connectivity index (χ1v) is 12.4. The largest absolute Gasteiger partial charge is 0.368 e. The topological polar surface area (TPSA) is 12.5 Å². The smallest absolute Gasteiger partial charge is 0.165 e. The molecule has 1 aliphatic heterocycles. The van der Waals surface area contributed by atoms with Gasteiger partial charge in [0.15, 0.2) is 11.6 Å². The molecule has 0 bridgehead atoms. The zero-order chi connectivity index (χ0) is 20.7. The van der Waals surface area contributed by atoms with Gasteiger partial charge < -0.3 is 4.74 Å². The second kappa shape index (κ2) is 8.73. The Morgan fingerprint density at radius 1 is 0.867 bits per heavy atom. The summed E-state index contributed by atoms with van der Waals surface area (Å²) >= 11 is 0. The van der Waals surface area contributed by atoms with Gasteiger partial charge in [-0.25, -0.2) is 8.78 Å². The van der Waals surface area contributed by atoms with E-state index in [0.29, 0.717) is 17.7 Å². The Morgan fingerprint density at radius 3 is 2.27 bits per heavy atom. The van der Waals surface area contributed by atoms with Crippen LogP contribution in [0.5, 0.6) is 0 Å². The molecular formula is C27H36F2O. The maximum absolute atomic E-state index is 14.7. The molecule has 4 fully saturated rings. The van der Waals surface area contributed by atoms with E-state index in [4.69, 9.17) is 4.74 Å². The van der Waals surface area contributed by atoms with Crippen LogP contribution < -0.4 is 0 Å². The molecule has 0 amide bonds. The summed E-state index contributed by atoms with van der Waals surface area (Å²) < 4.78 is 34.4. The lowest BCUT2D eigenvalue weighted by Crippen LogP contribution is -2.25. The maximum Gasteiger partial charge on any atom is 0.165 e. The molecule has 0 aromatic heterocycles. The molecule has 1 aromatic carbocycles. The number of benzene rings is 1. The van der Waals surface area contributed by atoms with Gasteiger partial charge in [0.2, 0.25) is 0 Å². The van der Waals surface area contributed by atoms with Gasteiger partial charge >= 0.3 is 0 Å². The fraction of sp³-hybridized carbons (Fsp3) is 0.704. The van der Waals surface area contributed by atoms with Gasteiger partial charge in [-0.2, -0.15) is 0 Å². The predicted molar refractivity (Wildman–Crippen MR) is 116 cm³/mol. The summed E-state index contributed by atoms with van der Waals surface area (Å²) in [6.45, 7) is 2.63. The average Bonchev–Trinajstić information content (AvgIpc) is 3.39. The third kappa shape index (κ3) is 3.87. The van der Waals surface area contributed by atoms with Crippen LogP contribution in [0.15, 0.2) is 24.3 Å². The third-order valence-corrected chi connectivity index (χ3v) is 8.99. The van der Waals surface area contributed by atoms with Gasteiger partial charge in [0.05, 0.1) is 6.61 Å². The van der Waals surface area contributed by atoms with E-state index in [9.17, 15) is 8.78 Å². The van der Waals surface area contributed by atoms with Crippen LogP contribution in [0.2, 0.25) is 0 Å². The number of fused-ring (bicyclic) bond motifs is 1. The highest BCUT2D eigenvalue weighted by molar-refractivity contribution is 5.32. The molecule has 5 rings (SSSR count). The van der Waals surface area contributed by atoms with Crippen LogP contribution in [0.4, 0.5) is 8.78 Å². The Balaban J connectivity index is 1.18. The minimum Gasteiger partial charge on any atom is -0.368 e. The van der Waals surface area contributed by atoms with Gasteiger partial charge in [0, 0.05) is 5.56 Å². The van der Waals surface area contributed by atoms with Crippen LogP contribution in [0, 0.1) is 41.2 Å². The summed E-state index contributed by atoms with van der Waals surface area (Å²) in [6.07, 6.45) is 17.0. The molecule has 0 spiro atoms. The molecule has 1 saturated heterocycles. The van der Waals surface area contributed by atoms with E-state index in [1.807, 2.05) is 6.07 Å². The Morgan fingerprint density at radius 2 is 1.53 bits per heavy atom. The van der Waals surface area contributed by atoms with E-state index < -0.39 is 11.6 Å². The molecular weight excluding hydrogens is 378 g/mol. The molecule has 3 heteroatoms. The highest BCUT2D eigenvalue weighted by atomic mass is 19.2. The molecule has 0 radical (unpaired) electrons. The number of ether oxygens (including phenoxy) is 1. The Kier molecular flexibility index (Phi) is 6.01. The average molecular weight is 415 g/mol. The number of hydrogen-bond donors (Lipinski definition) is 0. The van der Waals surface area contributed by atoms with Crippen molar-refractivity contribution in [3.05, 3.63) is 47.0 Å². The molecule has 5 atom stereocenters. The molecule has 4 aliphatic rings. The van der Waals surface area contributed by atoms with E-state index in [-0.39, 0.29) is 12.0 Å². The highest BCUT2D eigenvalue weighted by Crippen LogP contribution is 2.56. The van der Waals surface area contributed by atoms with Crippen molar-refractivity contribution < 1.29 is 13.5 Å². The molecule has 1 heterocycles. The van der Waals surface area contributed by atoms with Gasteiger partial charge in [-0.05, 0) is 112 Å². The van der Waals surface area contributed by atoms with Crippen molar-refractivity contribution in [2.45, 2.75) is 83.2 Å². The van der Waals surface area contributed by atoms with E-state index in [0.717, 1.165) is 42.4 Å². The summed E-state index contributed by atoms with van der Waals surface area (Å²) in [5, 5.41) is 0. The summed E-state index contributed by atoms with van der Waals surface area (Å²) in [5.74, 6) is 3.42. The second-order valence-corrected chi connectivity index (χ2v) is 10.4. The van der Waals surface area contributed by atoms with Gasteiger partial charge in [-0.1, -0.05) is 24.3 Å². The second-order valence-electron chi connectivity index (χ2n) is 10.4. The zero-order valence-electron chi connectivity index (χ0n) is 18.3. The first-order valence-electron chi connectivity index (χ1n) is 12.4. The molecule has 5 unspecified atom stereocenters. The van der Waals surface area contributed by atoms with Gasteiger partial charge in [0.25, 0.3) is 0 Å². The summed E-state index contributed by atoms with van der Waals surface area (Å²) in [5.41, 5.74) is 0.997. The van der Waals surface area contributed by atoms with Gasteiger partial charge in [-0.3, -0.25) is 0 Å². The van der Waals surface area contributed by atoms with Crippen molar-refractivity contribution in [2.24, 2.45) is 29.6 Å². The minimum atomic E-state index is -0.675. The molecule has 1 nitrogen and oxygen atoms in total. The van der Waals surface area contributed by atoms with E-state index in [2.05, 4.69) is 19.1 Å². The summed E-state index contributed by atoms with van der Waals surface area (Å²) in [4.78, 5) is 0. The van der Waals surface area contributed by atoms with Crippen molar-refractivity contribution in [1.82, 2.24) is 0 Å². The molecule has 3 aliphatic carbocycles. The summed E-state index contributed by atoms with van der Waals surface area (Å²) in [6, 6.07) is 3.59. The van der Waals surface area contributed by atoms with Crippen LogP contribution in [0.25, 0.3) is 0 Å². The lowest BCUT2D eigenvalue weighted by Gasteiger charge is -2.35. The molecule has 1 aromatic rings. The van der Waals surface area contributed by atoms with Crippen LogP contribution in [0.3, 0.4) is 0 Å². The number of allylic oxidation sites excluding steroid dienone is 2. The van der Waals surface area contributed by atoms with Crippen molar-refractivity contribution in [3.8, 4) is 0 Å². The fourth-order valence-corrected chi connectivity index (χ4v) is 7.41. The number of epoxide rings is 1. The van der Waals surface area contributed by atoms with Gasteiger partial charge in [-0.15, -0.1) is 0 Å². The maximum atomic E-state index is 14.7. The quantitative estimate of drug-likeness (QED) is 0.343. The molecule has 0 N–H and O–H groups in total. The first kappa shape index (κ1) is 20.7. The third-order valence-electron chi connectivity index (χ3n) is 8.99. The van der Waals surface area contributed by atoms with Crippen LogP contribution >= 0.6 is 0 Å². The summed E-state index contributed by atoms with van der Waals surface area (Å²) in [7, 11) is 0. The first-order chi connectivity index (χ1) is 14.7. The van der Waals surface area contributed by atoms with Crippen molar-refractivity contribution in [2.75, 3.05) is 6.61 Å².